The molecule has 5 nitrogen and oxygen atoms in total. The van der Waals surface area contributed by atoms with Crippen LogP contribution in [0.4, 0.5) is 0 Å². The molecular weight excluding hydrogens is 541 g/mol. The summed E-state index contributed by atoms with van der Waals surface area (Å²) in [5.41, 5.74) is -0.418. The summed E-state index contributed by atoms with van der Waals surface area (Å²) in [5, 5.41) is 0.764. The predicted octanol–water partition coefficient (Wildman–Crippen LogP) is 8.25. The van der Waals surface area contributed by atoms with E-state index in [0.717, 1.165) is 32.1 Å². The van der Waals surface area contributed by atoms with Crippen molar-refractivity contribution in [2.24, 2.45) is 0 Å². The van der Waals surface area contributed by atoms with Gasteiger partial charge in [-0.25, -0.2) is 0 Å². The van der Waals surface area contributed by atoms with Crippen molar-refractivity contribution in [1.29, 1.82) is 0 Å². The summed E-state index contributed by atoms with van der Waals surface area (Å²) in [5.74, 6) is 0. The molecule has 0 aliphatic rings. The van der Waals surface area contributed by atoms with Crippen molar-refractivity contribution in [2.45, 2.75) is 135 Å². The SMILES string of the molecule is CCC(CC)(O[Si](C)(C)O[Si](C)(C)OC)C(C)(CC)[Si](C)(OC(CC)(CC)[Si](C)(C)OC)c1ccccc1. The first-order chi connectivity index (χ1) is 17.4. The Hall–Kier alpha value is -0.112. The Morgan fingerprint density at radius 1 is 0.632 bits per heavy atom. The van der Waals surface area contributed by atoms with E-state index in [0.29, 0.717) is 0 Å². The lowest BCUT2D eigenvalue weighted by atomic mass is 9.81. The zero-order valence-electron chi connectivity index (χ0n) is 27.5. The van der Waals surface area contributed by atoms with Crippen LogP contribution in [0.5, 0.6) is 0 Å². The van der Waals surface area contributed by atoms with Gasteiger partial charge in [-0.3, -0.25) is 0 Å². The Balaban J connectivity index is 3.99. The molecule has 0 fully saturated rings. The van der Waals surface area contributed by atoms with Crippen molar-refractivity contribution in [2.75, 3.05) is 14.2 Å². The molecule has 1 rings (SSSR count). The summed E-state index contributed by atoms with van der Waals surface area (Å²) in [7, 11) is -6.20. The van der Waals surface area contributed by atoms with Gasteiger partial charge in [0.25, 0.3) is 0 Å². The first-order valence-corrected chi connectivity index (χ1v) is 25.6. The minimum atomic E-state index is -2.75. The maximum absolute atomic E-state index is 7.82. The molecule has 0 amide bonds. The Morgan fingerprint density at radius 3 is 1.50 bits per heavy atom. The van der Waals surface area contributed by atoms with Gasteiger partial charge in [0.2, 0.25) is 16.6 Å². The van der Waals surface area contributed by atoms with Crippen LogP contribution < -0.4 is 5.19 Å². The van der Waals surface area contributed by atoms with E-state index in [9.17, 15) is 0 Å². The highest BCUT2D eigenvalue weighted by atomic mass is 28.5. The lowest BCUT2D eigenvalue weighted by molar-refractivity contribution is -0.0272. The van der Waals surface area contributed by atoms with E-state index < -0.39 is 39.4 Å². The second-order valence-corrected chi connectivity index (χ2v) is 27.8. The van der Waals surface area contributed by atoms with E-state index in [4.69, 9.17) is 21.8 Å². The molecule has 0 saturated heterocycles. The molecule has 0 spiro atoms. The third-order valence-electron chi connectivity index (χ3n) is 9.81. The third-order valence-corrected chi connectivity index (χ3v) is 25.0. The first kappa shape index (κ1) is 35.9. The molecule has 0 radical (unpaired) electrons. The van der Waals surface area contributed by atoms with Crippen LogP contribution in [0.2, 0.25) is 50.9 Å². The highest BCUT2D eigenvalue weighted by Crippen LogP contribution is 2.58. The Morgan fingerprint density at radius 2 is 1.13 bits per heavy atom. The standard InChI is InChI=1S/C29H60O5Si4/c1-16-27(6,28(17-2,18-3)32-37(13,14)34-36(11,12)31-8)38(15,26-24-22-21-23-25-26)33-29(19-4,20-5)35(9,10)30-7/h21-25H,16-20H2,1-15H3. The highest BCUT2D eigenvalue weighted by Gasteiger charge is 2.64. The summed E-state index contributed by atoms with van der Waals surface area (Å²) < 4.78 is 34.0. The lowest BCUT2D eigenvalue weighted by Gasteiger charge is -2.60. The van der Waals surface area contributed by atoms with Crippen LogP contribution in [0.3, 0.4) is 0 Å². The molecule has 2 atom stereocenters. The normalized spacial score (nSPS) is 17.2. The molecule has 222 valence electrons. The summed E-state index contributed by atoms with van der Waals surface area (Å²) in [4.78, 5) is 0. The minimum absolute atomic E-state index is 0.245. The maximum atomic E-state index is 7.82. The van der Waals surface area contributed by atoms with Crippen LogP contribution in [0.15, 0.2) is 30.3 Å². The van der Waals surface area contributed by atoms with Gasteiger partial charge >= 0.3 is 17.1 Å². The van der Waals surface area contributed by atoms with Gasteiger partial charge in [-0.15, -0.1) is 0 Å². The highest BCUT2D eigenvalue weighted by molar-refractivity contribution is 6.89. The average molecular weight is 601 g/mol. The molecule has 1 aromatic carbocycles. The third kappa shape index (κ3) is 6.84. The number of hydrogen-bond donors (Lipinski definition) is 0. The van der Waals surface area contributed by atoms with E-state index in [1.165, 1.54) is 5.19 Å². The summed E-state index contributed by atoms with van der Waals surface area (Å²) in [6.45, 7) is 29.5. The second kappa shape index (κ2) is 13.2. The van der Waals surface area contributed by atoms with E-state index >= 15 is 0 Å². The van der Waals surface area contributed by atoms with Gasteiger partial charge in [-0.2, -0.15) is 0 Å². The summed E-state index contributed by atoms with van der Waals surface area (Å²) >= 11 is 0. The Labute approximate surface area is 240 Å². The van der Waals surface area contributed by atoms with Crippen molar-refractivity contribution in [1.82, 2.24) is 0 Å². The molecule has 0 N–H and O–H groups in total. The van der Waals surface area contributed by atoms with Crippen molar-refractivity contribution >= 4 is 38.9 Å². The van der Waals surface area contributed by atoms with Crippen LogP contribution in [0.1, 0.15) is 73.6 Å². The van der Waals surface area contributed by atoms with Crippen molar-refractivity contribution in [3.63, 3.8) is 0 Å². The smallest absolute Gasteiger partial charge is 0.323 e. The molecule has 0 heterocycles. The Bertz CT molecular complexity index is 856. The first-order valence-electron chi connectivity index (χ1n) is 14.7. The molecule has 9 heteroatoms. The topological polar surface area (TPSA) is 46.2 Å². The van der Waals surface area contributed by atoms with E-state index in [1.54, 1.807) is 7.11 Å². The zero-order valence-corrected chi connectivity index (χ0v) is 31.5. The monoisotopic (exact) mass is 600 g/mol. The molecule has 0 saturated carbocycles. The van der Waals surface area contributed by atoms with Gasteiger partial charge in [0.05, 0.1) is 10.8 Å². The van der Waals surface area contributed by atoms with Crippen LogP contribution in [-0.2, 0) is 21.8 Å². The van der Waals surface area contributed by atoms with Crippen molar-refractivity contribution in [3.05, 3.63) is 30.3 Å². The largest absolute Gasteiger partial charge is 0.418 e. The quantitative estimate of drug-likeness (QED) is 0.169. The summed E-state index contributed by atoms with van der Waals surface area (Å²) in [6.07, 6.45) is 4.57. The average Bonchev–Trinajstić information content (AvgIpc) is 2.89. The molecule has 1 aromatic rings. The van der Waals surface area contributed by atoms with E-state index in [2.05, 4.69) is 118 Å². The van der Waals surface area contributed by atoms with Gasteiger partial charge < -0.3 is 21.8 Å². The van der Waals surface area contributed by atoms with Gasteiger partial charge in [-0.05, 0) is 83.1 Å². The van der Waals surface area contributed by atoms with E-state index in [1.807, 2.05) is 7.11 Å². The Kier molecular flexibility index (Phi) is 12.5. The number of benzene rings is 1. The van der Waals surface area contributed by atoms with Crippen LogP contribution in [-0.4, -0.2) is 58.8 Å². The molecule has 0 aliphatic heterocycles. The van der Waals surface area contributed by atoms with E-state index in [-0.39, 0.29) is 10.3 Å². The molecule has 0 aromatic heterocycles. The maximum Gasteiger partial charge on any atom is 0.323 e. The predicted molar refractivity (Wildman–Crippen MR) is 173 cm³/mol. The molecule has 2 unspecified atom stereocenters. The fourth-order valence-electron chi connectivity index (χ4n) is 6.70. The molecule has 0 bridgehead atoms. The minimum Gasteiger partial charge on any atom is -0.418 e. The molecule has 0 aliphatic carbocycles. The van der Waals surface area contributed by atoms with Crippen molar-refractivity contribution < 1.29 is 21.8 Å². The fourth-order valence-corrected chi connectivity index (χ4v) is 22.0. The van der Waals surface area contributed by atoms with Crippen LogP contribution >= 0.6 is 0 Å². The lowest BCUT2D eigenvalue weighted by Crippen LogP contribution is -2.72. The molecular formula is C29H60O5Si4. The van der Waals surface area contributed by atoms with Gasteiger partial charge in [-0.1, -0.05) is 71.9 Å². The zero-order chi connectivity index (χ0) is 29.7. The van der Waals surface area contributed by atoms with Gasteiger partial charge in [0, 0.05) is 19.3 Å². The van der Waals surface area contributed by atoms with Crippen LogP contribution in [0, 0.1) is 0 Å². The molecule has 38 heavy (non-hydrogen) atoms. The second-order valence-electron chi connectivity index (χ2n) is 12.5. The number of hydrogen-bond acceptors (Lipinski definition) is 5. The fraction of sp³-hybridized carbons (Fsp3) is 0.793. The summed E-state index contributed by atoms with van der Waals surface area (Å²) in [6, 6.07) is 11.0. The van der Waals surface area contributed by atoms with Gasteiger partial charge in [0.1, 0.15) is 0 Å². The number of rotatable bonds is 17. The van der Waals surface area contributed by atoms with Crippen molar-refractivity contribution in [3.8, 4) is 0 Å². The van der Waals surface area contributed by atoms with Crippen LogP contribution in [0.25, 0.3) is 0 Å². The van der Waals surface area contributed by atoms with Gasteiger partial charge in [0.15, 0.2) is 0 Å².